The number of carbonyl (C=O) groups is 1. The topological polar surface area (TPSA) is 71.0 Å². The molecule has 6 heteroatoms. The minimum atomic E-state index is -0.756. The molecular weight excluding hydrogens is 296 g/mol. The van der Waals surface area contributed by atoms with Gasteiger partial charge in [0, 0.05) is 18.6 Å². The molecule has 2 N–H and O–H groups in total. The first kappa shape index (κ1) is 17.6. The average molecular weight is 322 g/mol. The maximum Gasteiger partial charge on any atom is 0.317 e. The Morgan fingerprint density at radius 3 is 2.57 bits per heavy atom. The van der Waals surface area contributed by atoms with Crippen molar-refractivity contribution in [1.29, 1.82) is 0 Å². The van der Waals surface area contributed by atoms with E-state index in [-0.39, 0.29) is 6.54 Å². The number of nitrogens with one attached hydrogen (secondary N) is 1. The van der Waals surface area contributed by atoms with Crippen molar-refractivity contribution in [3.05, 3.63) is 23.8 Å². The maximum atomic E-state index is 10.8. The van der Waals surface area contributed by atoms with Crippen LogP contribution in [0.3, 0.4) is 0 Å². The van der Waals surface area contributed by atoms with Crippen molar-refractivity contribution in [1.82, 2.24) is 10.2 Å². The number of nitrogens with zero attached hydrogens (tertiary/aromatic N) is 1. The van der Waals surface area contributed by atoms with Gasteiger partial charge in [-0.25, -0.2) is 0 Å². The molecule has 23 heavy (non-hydrogen) atoms. The molecular formula is C17H26N2O4. The molecule has 6 nitrogen and oxygen atoms in total. The van der Waals surface area contributed by atoms with Gasteiger partial charge in [0.15, 0.2) is 11.5 Å². The van der Waals surface area contributed by atoms with Crippen LogP contribution < -0.4 is 14.8 Å². The van der Waals surface area contributed by atoms with Gasteiger partial charge in [-0.05, 0) is 37.1 Å². The first-order valence-corrected chi connectivity index (χ1v) is 7.97. The summed E-state index contributed by atoms with van der Waals surface area (Å²) in [7, 11) is 3.26. The van der Waals surface area contributed by atoms with E-state index in [4.69, 9.17) is 14.6 Å². The van der Waals surface area contributed by atoms with Crippen molar-refractivity contribution >= 4 is 5.97 Å². The van der Waals surface area contributed by atoms with E-state index in [9.17, 15) is 4.79 Å². The zero-order valence-corrected chi connectivity index (χ0v) is 14.0. The van der Waals surface area contributed by atoms with Crippen LogP contribution in [0.5, 0.6) is 11.5 Å². The molecule has 0 spiro atoms. The fourth-order valence-corrected chi connectivity index (χ4v) is 2.98. The number of carboxylic acids is 1. The molecule has 1 aliphatic rings. The number of aliphatic carboxylic acids is 1. The summed E-state index contributed by atoms with van der Waals surface area (Å²) >= 11 is 0. The fraction of sp³-hybridized carbons (Fsp3) is 0.588. The monoisotopic (exact) mass is 322 g/mol. The molecule has 0 radical (unpaired) electrons. The molecule has 0 bridgehead atoms. The van der Waals surface area contributed by atoms with E-state index in [2.05, 4.69) is 5.32 Å². The second-order valence-electron chi connectivity index (χ2n) is 5.85. The van der Waals surface area contributed by atoms with Crippen LogP contribution in [0.2, 0.25) is 0 Å². The van der Waals surface area contributed by atoms with Crippen molar-refractivity contribution in [2.24, 2.45) is 0 Å². The van der Waals surface area contributed by atoms with Crippen LogP contribution in [0.4, 0.5) is 0 Å². The predicted molar refractivity (Wildman–Crippen MR) is 88.1 cm³/mol. The quantitative estimate of drug-likeness (QED) is 0.721. The Labute approximate surface area is 137 Å². The van der Waals surface area contributed by atoms with Gasteiger partial charge >= 0.3 is 5.97 Å². The summed E-state index contributed by atoms with van der Waals surface area (Å²) in [5, 5.41) is 12.4. The van der Waals surface area contributed by atoms with Gasteiger partial charge in [-0.1, -0.05) is 13.0 Å². The number of hydrogen-bond donors (Lipinski definition) is 2. The Hall–Kier alpha value is -1.79. The molecule has 0 amide bonds. The number of hydrogen-bond acceptors (Lipinski definition) is 5. The standard InChI is InChI=1S/C17H26N2O4/c1-4-19(11-17(20)21)14-8-13(9-14)18-10-12-5-6-15(22-2)16(7-12)23-3/h5-7,13-14,18H,4,8-11H2,1-3H3,(H,20,21). The summed E-state index contributed by atoms with van der Waals surface area (Å²) in [6.45, 7) is 3.68. The highest BCUT2D eigenvalue weighted by molar-refractivity contribution is 5.69. The minimum absolute atomic E-state index is 0.129. The van der Waals surface area contributed by atoms with Gasteiger partial charge in [0.2, 0.25) is 0 Å². The molecule has 1 aromatic rings. The zero-order chi connectivity index (χ0) is 16.8. The van der Waals surface area contributed by atoms with Gasteiger partial charge in [-0.15, -0.1) is 0 Å². The minimum Gasteiger partial charge on any atom is -0.493 e. The SMILES string of the molecule is CCN(CC(=O)O)C1CC(NCc2ccc(OC)c(OC)c2)C1. The molecule has 0 aromatic heterocycles. The molecule has 2 rings (SSSR count). The van der Waals surface area contributed by atoms with E-state index >= 15 is 0 Å². The molecule has 1 fully saturated rings. The van der Waals surface area contributed by atoms with E-state index in [0.717, 1.165) is 43.0 Å². The number of carboxylic acid groups (broad SMARTS) is 1. The molecule has 0 heterocycles. The van der Waals surface area contributed by atoms with E-state index in [1.165, 1.54) is 0 Å². The predicted octanol–water partition coefficient (Wildman–Crippen LogP) is 1.73. The fourth-order valence-electron chi connectivity index (χ4n) is 2.98. The second kappa shape index (κ2) is 8.17. The lowest BCUT2D eigenvalue weighted by Gasteiger charge is -2.42. The summed E-state index contributed by atoms with van der Waals surface area (Å²) < 4.78 is 10.5. The van der Waals surface area contributed by atoms with Crippen LogP contribution in [0, 0.1) is 0 Å². The summed E-state index contributed by atoms with van der Waals surface area (Å²) in [5.41, 5.74) is 1.14. The number of ether oxygens (including phenoxy) is 2. The van der Waals surface area contributed by atoms with Gasteiger partial charge in [0.25, 0.3) is 0 Å². The van der Waals surface area contributed by atoms with Crippen molar-refractivity contribution in [3.63, 3.8) is 0 Å². The van der Waals surface area contributed by atoms with Crippen molar-refractivity contribution in [3.8, 4) is 11.5 Å². The van der Waals surface area contributed by atoms with Crippen LogP contribution in [-0.2, 0) is 11.3 Å². The Balaban J connectivity index is 1.79. The average Bonchev–Trinajstić information content (AvgIpc) is 2.51. The highest BCUT2D eigenvalue weighted by Gasteiger charge is 2.33. The lowest BCUT2D eigenvalue weighted by molar-refractivity contribution is -0.139. The van der Waals surface area contributed by atoms with E-state index in [1.807, 2.05) is 30.0 Å². The summed E-state index contributed by atoms with van der Waals surface area (Å²) in [5.74, 6) is 0.706. The first-order valence-electron chi connectivity index (χ1n) is 7.97. The van der Waals surface area contributed by atoms with E-state index < -0.39 is 5.97 Å². The largest absolute Gasteiger partial charge is 0.493 e. The van der Waals surface area contributed by atoms with Gasteiger partial charge in [0.1, 0.15) is 0 Å². The van der Waals surface area contributed by atoms with Crippen molar-refractivity contribution in [2.75, 3.05) is 27.3 Å². The van der Waals surface area contributed by atoms with Crippen LogP contribution in [0.15, 0.2) is 18.2 Å². The Morgan fingerprint density at radius 2 is 2.00 bits per heavy atom. The smallest absolute Gasteiger partial charge is 0.317 e. The molecule has 0 saturated heterocycles. The zero-order valence-electron chi connectivity index (χ0n) is 14.0. The molecule has 1 aromatic carbocycles. The van der Waals surface area contributed by atoms with Crippen LogP contribution in [-0.4, -0.2) is 55.4 Å². The highest BCUT2D eigenvalue weighted by Crippen LogP contribution is 2.29. The van der Waals surface area contributed by atoms with Crippen molar-refractivity contribution in [2.45, 2.75) is 38.4 Å². The van der Waals surface area contributed by atoms with Gasteiger partial charge in [-0.2, -0.15) is 0 Å². The molecule has 128 valence electrons. The lowest BCUT2D eigenvalue weighted by atomic mass is 9.85. The summed E-state index contributed by atoms with van der Waals surface area (Å²) in [6.07, 6.45) is 1.99. The van der Waals surface area contributed by atoms with Gasteiger partial charge in [-0.3, -0.25) is 9.69 Å². The Morgan fingerprint density at radius 1 is 1.30 bits per heavy atom. The third kappa shape index (κ3) is 4.59. The van der Waals surface area contributed by atoms with Gasteiger partial charge in [0.05, 0.1) is 20.8 Å². The maximum absolute atomic E-state index is 10.8. The molecule has 1 aliphatic carbocycles. The Kier molecular flexibility index (Phi) is 6.24. The van der Waals surface area contributed by atoms with Crippen LogP contribution >= 0.6 is 0 Å². The van der Waals surface area contributed by atoms with E-state index in [1.54, 1.807) is 14.2 Å². The van der Waals surface area contributed by atoms with Crippen LogP contribution in [0.1, 0.15) is 25.3 Å². The number of methoxy groups -OCH3 is 2. The number of benzene rings is 1. The third-order valence-corrected chi connectivity index (χ3v) is 4.42. The summed E-state index contributed by atoms with van der Waals surface area (Å²) in [6, 6.07) is 6.72. The highest BCUT2D eigenvalue weighted by atomic mass is 16.5. The van der Waals surface area contributed by atoms with Crippen molar-refractivity contribution < 1.29 is 19.4 Å². The van der Waals surface area contributed by atoms with E-state index in [0.29, 0.717) is 12.1 Å². The van der Waals surface area contributed by atoms with Gasteiger partial charge < -0.3 is 19.9 Å². The van der Waals surface area contributed by atoms with Crippen LogP contribution in [0.25, 0.3) is 0 Å². The molecule has 0 unspecified atom stereocenters. The molecule has 0 atom stereocenters. The molecule has 1 saturated carbocycles. The second-order valence-corrected chi connectivity index (χ2v) is 5.85. The first-order chi connectivity index (χ1) is 11.1. The number of rotatable bonds is 9. The summed E-state index contributed by atoms with van der Waals surface area (Å²) in [4.78, 5) is 12.9. The normalized spacial score (nSPS) is 20.2. The lowest BCUT2D eigenvalue weighted by Crippen LogP contribution is -2.53. The third-order valence-electron chi connectivity index (χ3n) is 4.42. The molecule has 0 aliphatic heterocycles. The Bertz CT molecular complexity index is 529. The number of likely N-dealkylation sites (N-methyl/N-ethyl adjacent to an activating group) is 1.